The van der Waals surface area contributed by atoms with Gasteiger partial charge in [0, 0.05) is 67.6 Å². The lowest BCUT2D eigenvalue weighted by Crippen LogP contribution is -2.68. The van der Waals surface area contributed by atoms with Crippen molar-refractivity contribution in [3.8, 4) is 0 Å². The summed E-state index contributed by atoms with van der Waals surface area (Å²) < 4.78 is 24.7. The number of fused-ring (bicyclic) bond motifs is 1. The monoisotopic (exact) mass is 546 g/mol. The molecule has 4 aromatic heterocycles. The molecule has 40 heavy (non-hydrogen) atoms. The van der Waals surface area contributed by atoms with Crippen molar-refractivity contribution in [3.05, 3.63) is 54.4 Å². The van der Waals surface area contributed by atoms with Crippen LogP contribution in [0.25, 0.3) is 5.65 Å². The summed E-state index contributed by atoms with van der Waals surface area (Å²) >= 11 is 0. The molecule has 13 heteroatoms. The van der Waals surface area contributed by atoms with Crippen LogP contribution >= 0.6 is 0 Å². The molecule has 3 N–H and O–H groups in total. The number of carbonyl (C=O) groups excluding carboxylic acids is 1. The Bertz CT molecular complexity index is 1530. The molecule has 0 aromatic carbocycles. The first kappa shape index (κ1) is 23.9. The molecular weight excluding hydrogens is 515 g/mol. The molecule has 12 nitrogen and oxygen atoms in total. The molecule has 0 spiro atoms. The molecule has 2 bridgehead atoms. The maximum atomic E-state index is 15.3. The number of rotatable bonds is 8. The average molecular weight is 547 g/mol. The Hall–Kier alpha value is -4.00. The van der Waals surface area contributed by atoms with Crippen molar-refractivity contribution in [3.63, 3.8) is 0 Å². The summed E-state index contributed by atoms with van der Waals surface area (Å²) in [5.74, 6) is 1.44. The predicted molar refractivity (Wildman–Crippen MR) is 142 cm³/mol. The molecule has 4 aliphatic carbocycles. The second kappa shape index (κ2) is 9.01. The van der Waals surface area contributed by atoms with Gasteiger partial charge in [-0.15, -0.1) is 0 Å². The van der Waals surface area contributed by atoms with E-state index in [0.29, 0.717) is 36.3 Å². The van der Waals surface area contributed by atoms with Gasteiger partial charge < -0.3 is 15.4 Å². The SMILES string of the molecule is O=C(NC12CC(C1)C2)O[C@@H]1CC[C@H](c2cc(Nc3nccc4nc(CN5CC(n6cccn6)C5)cn34)n[nH]2)[C@H]1F. The summed E-state index contributed by atoms with van der Waals surface area (Å²) in [6.07, 6.45) is 9.07. The largest absolute Gasteiger partial charge is 0.443 e. The smallest absolute Gasteiger partial charge is 0.407 e. The van der Waals surface area contributed by atoms with E-state index in [-0.39, 0.29) is 5.54 Å². The first-order valence-electron chi connectivity index (χ1n) is 14.0. The predicted octanol–water partition coefficient (Wildman–Crippen LogP) is 3.31. The highest BCUT2D eigenvalue weighted by Crippen LogP contribution is 2.57. The van der Waals surface area contributed by atoms with E-state index < -0.39 is 24.3 Å². The number of hydrogen-bond acceptors (Lipinski definition) is 8. The molecule has 1 aliphatic heterocycles. The number of alkyl carbamates (subject to hydrolysis) is 1. The number of amides is 1. The molecule has 5 aliphatic rings. The number of ether oxygens (including phenoxy) is 1. The second-order valence-corrected chi connectivity index (χ2v) is 11.9. The highest BCUT2D eigenvalue weighted by atomic mass is 19.1. The third-order valence-corrected chi connectivity index (χ3v) is 9.06. The number of aromatic nitrogens is 7. The number of H-pyrrole nitrogens is 1. The molecule has 208 valence electrons. The third kappa shape index (κ3) is 4.10. The van der Waals surface area contributed by atoms with E-state index in [4.69, 9.17) is 9.72 Å². The fourth-order valence-electron chi connectivity index (χ4n) is 6.79. The Morgan fingerprint density at radius 3 is 2.88 bits per heavy atom. The zero-order valence-corrected chi connectivity index (χ0v) is 21.9. The molecule has 1 saturated heterocycles. The minimum absolute atomic E-state index is 0.0823. The normalized spacial score (nSPS) is 29.5. The number of likely N-dealkylation sites (tertiary alicyclic amines) is 1. The summed E-state index contributed by atoms with van der Waals surface area (Å²) in [4.78, 5) is 23.9. The molecule has 0 unspecified atom stereocenters. The van der Waals surface area contributed by atoms with Crippen LogP contribution in [0.5, 0.6) is 0 Å². The van der Waals surface area contributed by atoms with Gasteiger partial charge >= 0.3 is 6.09 Å². The van der Waals surface area contributed by atoms with Crippen LogP contribution in [0, 0.1) is 5.92 Å². The van der Waals surface area contributed by atoms with Crippen LogP contribution in [0.1, 0.15) is 55.5 Å². The number of aromatic amines is 1. The van der Waals surface area contributed by atoms with Crippen LogP contribution in [0.3, 0.4) is 0 Å². The fourth-order valence-corrected chi connectivity index (χ4v) is 6.79. The molecule has 5 heterocycles. The number of alkyl halides is 1. The minimum atomic E-state index is -1.29. The Morgan fingerprint density at radius 1 is 1.23 bits per heavy atom. The maximum Gasteiger partial charge on any atom is 0.407 e. The lowest BCUT2D eigenvalue weighted by molar-refractivity contribution is -0.0532. The number of anilines is 2. The van der Waals surface area contributed by atoms with Crippen LogP contribution in [0.2, 0.25) is 0 Å². The van der Waals surface area contributed by atoms with Crippen molar-refractivity contribution in [1.82, 2.24) is 44.6 Å². The first-order chi connectivity index (χ1) is 19.5. The zero-order valence-electron chi connectivity index (χ0n) is 21.9. The van der Waals surface area contributed by atoms with E-state index in [1.807, 2.05) is 39.8 Å². The Balaban J connectivity index is 0.897. The Morgan fingerprint density at radius 2 is 2.10 bits per heavy atom. The van der Waals surface area contributed by atoms with Gasteiger partial charge in [-0.2, -0.15) is 10.2 Å². The van der Waals surface area contributed by atoms with Crippen molar-refractivity contribution < 1.29 is 13.9 Å². The van der Waals surface area contributed by atoms with Crippen LogP contribution in [-0.4, -0.2) is 76.2 Å². The fraction of sp³-hybridized carbons (Fsp3) is 0.519. The van der Waals surface area contributed by atoms with Gasteiger partial charge in [-0.25, -0.2) is 19.2 Å². The number of carbonyl (C=O) groups is 1. The quantitative estimate of drug-likeness (QED) is 0.307. The highest BCUT2D eigenvalue weighted by molar-refractivity contribution is 5.69. The molecule has 4 saturated carbocycles. The molecule has 9 rings (SSSR count). The number of imidazole rings is 1. The van der Waals surface area contributed by atoms with E-state index in [1.165, 1.54) is 0 Å². The summed E-state index contributed by atoms with van der Waals surface area (Å²) in [6, 6.07) is 6.02. The van der Waals surface area contributed by atoms with Gasteiger partial charge in [-0.1, -0.05) is 0 Å². The molecule has 0 radical (unpaired) electrons. The second-order valence-electron chi connectivity index (χ2n) is 11.9. The molecular formula is C27H31FN10O2. The number of hydrogen-bond donors (Lipinski definition) is 3. The summed E-state index contributed by atoms with van der Waals surface area (Å²) in [5.41, 5.74) is 2.32. The van der Waals surface area contributed by atoms with Crippen LogP contribution < -0.4 is 10.6 Å². The van der Waals surface area contributed by atoms with Crippen molar-refractivity contribution in [2.24, 2.45) is 5.92 Å². The summed E-state index contributed by atoms with van der Waals surface area (Å²) in [6.45, 7) is 2.61. The third-order valence-electron chi connectivity index (χ3n) is 9.06. The summed E-state index contributed by atoms with van der Waals surface area (Å²) in [7, 11) is 0. The lowest BCUT2D eigenvalue weighted by atomic mass is 9.50. The number of nitrogens with one attached hydrogen (secondary N) is 3. The summed E-state index contributed by atoms with van der Waals surface area (Å²) in [5, 5.41) is 17.8. The first-order valence-corrected chi connectivity index (χ1v) is 14.0. The van der Waals surface area contributed by atoms with Gasteiger partial charge in [0.25, 0.3) is 0 Å². The zero-order chi connectivity index (χ0) is 26.8. The van der Waals surface area contributed by atoms with Crippen molar-refractivity contribution in [1.29, 1.82) is 0 Å². The van der Waals surface area contributed by atoms with Crippen LogP contribution in [0.4, 0.5) is 21.0 Å². The van der Waals surface area contributed by atoms with E-state index in [9.17, 15) is 4.79 Å². The molecule has 1 amide bonds. The van der Waals surface area contributed by atoms with Gasteiger partial charge in [-0.3, -0.25) is 19.1 Å². The van der Waals surface area contributed by atoms with Gasteiger partial charge in [0.05, 0.1) is 11.7 Å². The van der Waals surface area contributed by atoms with Crippen LogP contribution in [-0.2, 0) is 11.3 Å². The van der Waals surface area contributed by atoms with Crippen LogP contribution in [0.15, 0.2) is 43.0 Å². The van der Waals surface area contributed by atoms with E-state index >= 15 is 4.39 Å². The van der Waals surface area contributed by atoms with Gasteiger partial charge in [-0.05, 0) is 50.2 Å². The Kier molecular flexibility index (Phi) is 5.37. The van der Waals surface area contributed by atoms with Gasteiger partial charge in [0.15, 0.2) is 5.82 Å². The number of nitrogens with zero attached hydrogens (tertiary/aromatic N) is 7. The maximum absolute atomic E-state index is 15.3. The minimum Gasteiger partial charge on any atom is -0.443 e. The highest BCUT2D eigenvalue weighted by Gasteiger charge is 2.58. The topological polar surface area (TPSA) is 130 Å². The van der Waals surface area contributed by atoms with E-state index in [2.05, 4.69) is 35.8 Å². The van der Waals surface area contributed by atoms with Gasteiger partial charge in [0.2, 0.25) is 5.95 Å². The van der Waals surface area contributed by atoms with E-state index in [1.54, 1.807) is 12.3 Å². The van der Waals surface area contributed by atoms with Gasteiger partial charge in [0.1, 0.15) is 17.9 Å². The molecule has 3 atom stereocenters. The van der Waals surface area contributed by atoms with Crippen molar-refractivity contribution in [2.75, 3.05) is 18.4 Å². The Labute approximate surface area is 229 Å². The standard InChI is InChI=1S/C27H31FN10O2/c28-24-19(2-3-21(24)40-26(39)33-27-9-16(10-27)11-27)20-8-22(35-34-20)32-25-29-6-4-23-31-17(13-37(23)25)12-36-14-18(15-36)38-7-1-5-30-38/h1,4-8,13,16,18-19,21,24H,2-3,9-12,14-15H2,(H,33,39)(H2,29,32,34,35)/t16?,19-,21-,24-,27?/m1/s1. The molecule has 5 fully saturated rings. The van der Waals surface area contributed by atoms with Crippen molar-refractivity contribution >= 4 is 23.5 Å². The molecule has 4 aromatic rings. The average Bonchev–Trinajstić information content (AvgIpc) is 3.66. The van der Waals surface area contributed by atoms with E-state index in [0.717, 1.165) is 56.2 Å². The lowest BCUT2D eigenvalue weighted by Gasteiger charge is -2.61. The van der Waals surface area contributed by atoms with Crippen molar-refractivity contribution in [2.45, 2.75) is 68.4 Å². The number of halogens is 1.